The molecule has 33 heavy (non-hydrogen) atoms. The highest BCUT2D eigenvalue weighted by atomic mass is 31.2. The highest BCUT2D eigenvalue weighted by Crippen LogP contribution is 2.44. The van der Waals surface area contributed by atoms with Crippen LogP contribution in [0.5, 0.6) is 0 Å². The standard InChI is InChI=1S/C25H32NO6P/c1-4-31-23(28)25(26-20(3)27,24(29)32-5-2)18-12-13-19-33(30,21-14-8-6-9-15-21)22-16-10-7-11-17-22/h6-11,14-17H,4-5,12-13,18-19H2,1-3H3,(H,26,27). The maximum Gasteiger partial charge on any atom is 0.343 e. The summed E-state index contributed by atoms with van der Waals surface area (Å²) in [7, 11) is -2.93. The Bertz CT molecular complexity index is 915. The van der Waals surface area contributed by atoms with Crippen molar-refractivity contribution < 1.29 is 28.4 Å². The van der Waals surface area contributed by atoms with Gasteiger partial charge in [-0.15, -0.1) is 0 Å². The quantitative estimate of drug-likeness (QED) is 0.220. The first-order chi connectivity index (χ1) is 15.8. The summed E-state index contributed by atoms with van der Waals surface area (Å²) in [5.41, 5.74) is -1.93. The van der Waals surface area contributed by atoms with Crippen molar-refractivity contribution in [1.29, 1.82) is 0 Å². The van der Waals surface area contributed by atoms with E-state index in [1.54, 1.807) is 13.8 Å². The van der Waals surface area contributed by atoms with Crippen LogP contribution in [0.25, 0.3) is 0 Å². The van der Waals surface area contributed by atoms with Crippen LogP contribution in [0.3, 0.4) is 0 Å². The van der Waals surface area contributed by atoms with Gasteiger partial charge >= 0.3 is 11.9 Å². The number of benzene rings is 2. The highest BCUT2D eigenvalue weighted by Gasteiger charge is 2.49. The Morgan fingerprint density at radius 3 is 1.67 bits per heavy atom. The van der Waals surface area contributed by atoms with Crippen molar-refractivity contribution in [2.75, 3.05) is 19.4 Å². The lowest BCUT2D eigenvalue weighted by atomic mass is 9.92. The minimum Gasteiger partial charge on any atom is -0.464 e. The van der Waals surface area contributed by atoms with Gasteiger partial charge in [0.15, 0.2) is 0 Å². The molecule has 0 unspecified atom stereocenters. The van der Waals surface area contributed by atoms with E-state index in [0.717, 1.165) is 10.6 Å². The van der Waals surface area contributed by atoms with Gasteiger partial charge in [0, 0.05) is 23.7 Å². The molecule has 0 aromatic heterocycles. The molecule has 8 heteroatoms. The summed E-state index contributed by atoms with van der Waals surface area (Å²) in [5, 5.41) is 3.97. The van der Waals surface area contributed by atoms with Gasteiger partial charge in [0.2, 0.25) is 11.4 Å². The summed E-state index contributed by atoms with van der Waals surface area (Å²) in [6, 6.07) is 18.6. The summed E-state index contributed by atoms with van der Waals surface area (Å²) in [6.45, 7) is 4.58. The number of hydrogen-bond donors (Lipinski definition) is 1. The predicted molar refractivity (Wildman–Crippen MR) is 128 cm³/mol. The first-order valence-electron chi connectivity index (χ1n) is 11.1. The molecule has 0 aliphatic rings. The van der Waals surface area contributed by atoms with Crippen molar-refractivity contribution in [1.82, 2.24) is 5.32 Å². The minimum absolute atomic E-state index is 0.0200. The number of amides is 1. The van der Waals surface area contributed by atoms with Crippen LogP contribution in [0.1, 0.15) is 40.0 Å². The number of nitrogens with one attached hydrogen (secondary N) is 1. The number of rotatable bonds is 12. The van der Waals surface area contributed by atoms with E-state index in [0.29, 0.717) is 19.0 Å². The topological polar surface area (TPSA) is 98.8 Å². The van der Waals surface area contributed by atoms with E-state index in [-0.39, 0.29) is 19.6 Å². The zero-order valence-corrected chi connectivity index (χ0v) is 20.3. The third-order valence-electron chi connectivity index (χ3n) is 5.26. The Labute approximate surface area is 195 Å². The molecule has 2 rings (SSSR count). The first-order valence-corrected chi connectivity index (χ1v) is 13.0. The number of carbonyl (C=O) groups is 3. The Balaban J connectivity index is 2.26. The van der Waals surface area contributed by atoms with E-state index < -0.39 is 30.5 Å². The number of hydrogen-bond acceptors (Lipinski definition) is 6. The van der Waals surface area contributed by atoms with Crippen molar-refractivity contribution in [2.24, 2.45) is 0 Å². The summed E-state index contributed by atoms with van der Waals surface area (Å²) in [5.74, 6) is -2.25. The molecule has 178 valence electrons. The minimum atomic E-state index is -2.93. The summed E-state index contributed by atoms with van der Waals surface area (Å²) in [6.07, 6.45) is 1.14. The van der Waals surface area contributed by atoms with Crippen LogP contribution in [-0.2, 0) is 28.4 Å². The Morgan fingerprint density at radius 2 is 1.27 bits per heavy atom. The molecule has 0 heterocycles. The zero-order valence-electron chi connectivity index (χ0n) is 19.4. The van der Waals surface area contributed by atoms with Crippen molar-refractivity contribution in [3.05, 3.63) is 60.7 Å². The van der Waals surface area contributed by atoms with Crippen LogP contribution in [0.4, 0.5) is 0 Å². The number of ether oxygens (including phenoxy) is 2. The second kappa shape index (κ2) is 12.4. The van der Waals surface area contributed by atoms with Crippen LogP contribution in [0, 0.1) is 0 Å². The molecular weight excluding hydrogens is 441 g/mol. The smallest absolute Gasteiger partial charge is 0.343 e. The molecule has 0 aliphatic carbocycles. The summed E-state index contributed by atoms with van der Waals surface area (Å²) >= 11 is 0. The lowest BCUT2D eigenvalue weighted by Crippen LogP contribution is -2.61. The average Bonchev–Trinajstić information content (AvgIpc) is 2.82. The van der Waals surface area contributed by atoms with Gasteiger partial charge in [-0.2, -0.15) is 0 Å². The van der Waals surface area contributed by atoms with Crippen molar-refractivity contribution in [3.8, 4) is 0 Å². The maximum atomic E-state index is 14.1. The molecule has 7 nitrogen and oxygen atoms in total. The van der Waals surface area contributed by atoms with Gasteiger partial charge in [-0.3, -0.25) is 4.79 Å². The third kappa shape index (κ3) is 6.55. The molecule has 0 radical (unpaired) electrons. The fourth-order valence-electron chi connectivity index (χ4n) is 3.73. The van der Waals surface area contributed by atoms with Gasteiger partial charge in [0.1, 0.15) is 7.14 Å². The molecule has 0 bridgehead atoms. The van der Waals surface area contributed by atoms with Crippen LogP contribution in [0.15, 0.2) is 60.7 Å². The van der Waals surface area contributed by atoms with Crippen LogP contribution < -0.4 is 15.9 Å². The van der Waals surface area contributed by atoms with Crippen molar-refractivity contribution in [2.45, 2.75) is 45.6 Å². The molecule has 1 N–H and O–H groups in total. The molecule has 0 saturated heterocycles. The third-order valence-corrected chi connectivity index (χ3v) is 8.47. The second-order valence-electron chi connectivity index (χ2n) is 7.62. The van der Waals surface area contributed by atoms with E-state index in [1.807, 2.05) is 60.7 Å². The van der Waals surface area contributed by atoms with Gasteiger partial charge in [-0.25, -0.2) is 9.59 Å². The molecule has 0 spiro atoms. The Kier molecular flexibility index (Phi) is 9.86. The summed E-state index contributed by atoms with van der Waals surface area (Å²) in [4.78, 5) is 37.4. The van der Waals surface area contributed by atoms with Gasteiger partial charge in [0.25, 0.3) is 0 Å². The van der Waals surface area contributed by atoms with Gasteiger partial charge in [-0.1, -0.05) is 60.7 Å². The second-order valence-corrected chi connectivity index (χ2v) is 10.6. The molecule has 0 atom stereocenters. The molecule has 0 saturated carbocycles. The number of unbranched alkanes of at least 4 members (excludes halogenated alkanes) is 1. The van der Waals surface area contributed by atoms with Gasteiger partial charge in [0.05, 0.1) is 13.2 Å². The number of carbonyl (C=O) groups excluding carboxylic acids is 3. The lowest BCUT2D eigenvalue weighted by molar-refractivity contribution is -0.168. The highest BCUT2D eigenvalue weighted by molar-refractivity contribution is 7.78. The Hall–Kier alpha value is -2.92. The molecule has 2 aromatic carbocycles. The van der Waals surface area contributed by atoms with E-state index in [9.17, 15) is 18.9 Å². The zero-order chi connectivity index (χ0) is 24.3. The van der Waals surface area contributed by atoms with Crippen LogP contribution >= 0.6 is 7.14 Å². The van der Waals surface area contributed by atoms with Crippen LogP contribution in [-0.4, -0.2) is 42.8 Å². The van der Waals surface area contributed by atoms with E-state index in [1.165, 1.54) is 6.92 Å². The lowest BCUT2D eigenvalue weighted by Gasteiger charge is -2.30. The van der Waals surface area contributed by atoms with Crippen LogP contribution in [0.2, 0.25) is 0 Å². The molecule has 1 amide bonds. The van der Waals surface area contributed by atoms with Gasteiger partial charge < -0.3 is 19.4 Å². The van der Waals surface area contributed by atoms with Crippen molar-refractivity contribution in [3.63, 3.8) is 0 Å². The maximum absolute atomic E-state index is 14.1. The van der Waals surface area contributed by atoms with E-state index in [2.05, 4.69) is 5.32 Å². The molecule has 0 aliphatic heterocycles. The predicted octanol–water partition coefficient (Wildman–Crippen LogP) is 3.17. The fourth-order valence-corrected chi connectivity index (χ4v) is 6.52. The van der Waals surface area contributed by atoms with E-state index >= 15 is 0 Å². The average molecular weight is 474 g/mol. The van der Waals surface area contributed by atoms with E-state index in [4.69, 9.17) is 9.47 Å². The van der Waals surface area contributed by atoms with Crippen molar-refractivity contribution >= 4 is 35.6 Å². The molecular formula is C25H32NO6P. The first kappa shape index (κ1) is 26.3. The molecule has 2 aromatic rings. The normalized spacial score (nSPS) is 11.5. The Morgan fingerprint density at radius 1 is 0.818 bits per heavy atom. The summed E-state index contributed by atoms with van der Waals surface area (Å²) < 4.78 is 24.3. The largest absolute Gasteiger partial charge is 0.464 e. The molecule has 0 fully saturated rings. The fraction of sp³-hybridized carbons (Fsp3) is 0.400. The number of esters is 2. The monoisotopic (exact) mass is 473 g/mol. The van der Waals surface area contributed by atoms with Gasteiger partial charge in [-0.05, 0) is 33.1 Å². The SMILES string of the molecule is CCOC(=O)C(CCCCP(=O)(c1ccccc1)c1ccccc1)(NC(C)=O)C(=O)OCC.